The summed E-state index contributed by atoms with van der Waals surface area (Å²) < 4.78 is 5.34. The van der Waals surface area contributed by atoms with E-state index in [1.165, 1.54) is 0 Å². The molecule has 0 aromatic rings. The van der Waals surface area contributed by atoms with Crippen LogP contribution in [0, 0.1) is 5.92 Å². The Kier molecular flexibility index (Phi) is 4.35. The molecule has 0 aromatic carbocycles. The van der Waals surface area contributed by atoms with Gasteiger partial charge in [-0.1, -0.05) is 0 Å². The first kappa shape index (κ1) is 11.5. The van der Waals surface area contributed by atoms with Crippen molar-refractivity contribution in [2.24, 2.45) is 11.7 Å². The highest BCUT2D eigenvalue weighted by molar-refractivity contribution is 5.81. The van der Waals surface area contributed by atoms with Crippen molar-refractivity contribution in [2.45, 2.75) is 26.3 Å². The lowest BCUT2D eigenvalue weighted by molar-refractivity contribution is -0.131. The van der Waals surface area contributed by atoms with E-state index in [2.05, 4.69) is 0 Å². The number of carbonyl (C=O) groups excluding carboxylic acids is 1. The Hall–Kier alpha value is -0.610. The minimum Gasteiger partial charge on any atom is -0.381 e. The molecule has 1 amide bonds. The van der Waals surface area contributed by atoms with Crippen molar-refractivity contribution in [3.63, 3.8) is 0 Å². The molecule has 0 bridgehead atoms. The zero-order chi connectivity index (χ0) is 10.6. The maximum atomic E-state index is 11.5. The number of hydrogen-bond acceptors (Lipinski definition) is 3. The molecule has 0 aromatic heterocycles. The van der Waals surface area contributed by atoms with Gasteiger partial charge < -0.3 is 15.4 Å². The molecule has 1 heterocycles. The lowest BCUT2D eigenvalue weighted by Crippen LogP contribution is -2.40. The highest BCUT2D eigenvalue weighted by atomic mass is 16.5. The number of hydrogen-bond donors (Lipinski definition) is 1. The van der Waals surface area contributed by atoms with E-state index in [9.17, 15) is 4.79 Å². The van der Waals surface area contributed by atoms with Crippen molar-refractivity contribution in [1.82, 2.24) is 4.90 Å². The van der Waals surface area contributed by atoms with Crippen LogP contribution in [0.1, 0.15) is 20.3 Å². The fraction of sp³-hybridized carbons (Fsp3) is 0.900. The van der Waals surface area contributed by atoms with Gasteiger partial charge in [0.2, 0.25) is 5.91 Å². The quantitative estimate of drug-likeness (QED) is 0.706. The van der Waals surface area contributed by atoms with Gasteiger partial charge in [-0.2, -0.15) is 0 Å². The Morgan fingerprint density at radius 2 is 2.43 bits per heavy atom. The SMILES string of the molecule is CCOC[C@H]1CCN(C(=O)[C@@H](C)N)C1. The van der Waals surface area contributed by atoms with E-state index >= 15 is 0 Å². The summed E-state index contributed by atoms with van der Waals surface area (Å²) in [6.07, 6.45) is 1.04. The van der Waals surface area contributed by atoms with E-state index in [1.54, 1.807) is 6.92 Å². The van der Waals surface area contributed by atoms with Crippen LogP contribution < -0.4 is 5.73 Å². The number of nitrogens with two attached hydrogens (primary N) is 1. The summed E-state index contributed by atoms with van der Waals surface area (Å²) in [5.74, 6) is 0.557. The summed E-state index contributed by atoms with van der Waals surface area (Å²) in [6.45, 7) is 6.87. The maximum absolute atomic E-state index is 11.5. The monoisotopic (exact) mass is 200 g/mol. The average molecular weight is 200 g/mol. The van der Waals surface area contributed by atoms with Crippen LogP contribution in [0.2, 0.25) is 0 Å². The van der Waals surface area contributed by atoms with Gasteiger partial charge in [0.15, 0.2) is 0 Å². The van der Waals surface area contributed by atoms with Crippen molar-refractivity contribution >= 4 is 5.91 Å². The first-order valence-electron chi connectivity index (χ1n) is 5.27. The van der Waals surface area contributed by atoms with E-state index in [1.807, 2.05) is 11.8 Å². The molecule has 0 spiro atoms. The van der Waals surface area contributed by atoms with Gasteiger partial charge >= 0.3 is 0 Å². The van der Waals surface area contributed by atoms with E-state index in [0.29, 0.717) is 5.92 Å². The van der Waals surface area contributed by atoms with E-state index in [-0.39, 0.29) is 11.9 Å². The first-order chi connectivity index (χ1) is 6.65. The summed E-state index contributed by atoms with van der Waals surface area (Å²) in [4.78, 5) is 13.4. The first-order valence-corrected chi connectivity index (χ1v) is 5.27. The Labute approximate surface area is 85.4 Å². The van der Waals surface area contributed by atoms with Crippen molar-refractivity contribution in [1.29, 1.82) is 0 Å². The van der Waals surface area contributed by atoms with Crippen molar-refractivity contribution in [3.05, 3.63) is 0 Å². The Morgan fingerprint density at radius 1 is 1.71 bits per heavy atom. The van der Waals surface area contributed by atoms with Gasteiger partial charge in [-0.15, -0.1) is 0 Å². The number of carbonyl (C=O) groups is 1. The molecule has 0 unspecified atom stereocenters. The van der Waals surface area contributed by atoms with Crippen molar-refractivity contribution < 1.29 is 9.53 Å². The molecule has 2 atom stereocenters. The Morgan fingerprint density at radius 3 is 3.00 bits per heavy atom. The van der Waals surface area contributed by atoms with Gasteiger partial charge in [0.1, 0.15) is 0 Å². The number of amides is 1. The number of ether oxygens (including phenoxy) is 1. The van der Waals surface area contributed by atoms with Gasteiger partial charge in [0, 0.05) is 25.6 Å². The molecular formula is C10H20N2O2. The third kappa shape index (κ3) is 2.96. The number of likely N-dealkylation sites (tertiary alicyclic amines) is 1. The molecule has 4 heteroatoms. The fourth-order valence-electron chi connectivity index (χ4n) is 1.74. The molecule has 82 valence electrons. The smallest absolute Gasteiger partial charge is 0.239 e. The maximum Gasteiger partial charge on any atom is 0.239 e. The van der Waals surface area contributed by atoms with Crippen LogP contribution in [-0.4, -0.2) is 43.2 Å². The third-order valence-corrected chi connectivity index (χ3v) is 2.54. The lowest BCUT2D eigenvalue weighted by atomic mass is 10.1. The second-order valence-electron chi connectivity index (χ2n) is 3.89. The van der Waals surface area contributed by atoms with Gasteiger partial charge in [0.05, 0.1) is 12.6 Å². The van der Waals surface area contributed by atoms with Gasteiger partial charge in [-0.25, -0.2) is 0 Å². The second kappa shape index (κ2) is 5.32. The van der Waals surface area contributed by atoms with Crippen LogP contribution in [0.25, 0.3) is 0 Å². The molecule has 1 saturated heterocycles. The normalized spacial score (nSPS) is 23.9. The van der Waals surface area contributed by atoms with Gasteiger partial charge in [-0.05, 0) is 20.3 Å². The molecule has 0 saturated carbocycles. The molecule has 2 N–H and O–H groups in total. The molecular weight excluding hydrogens is 180 g/mol. The van der Waals surface area contributed by atoms with Gasteiger partial charge in [0.25, 0.3) is 0 Å². The number of rotatable bonds is 4. The highest BCUT2D eigenvalue weighted by Gasteiger charge is 2.27. The predicted octanol–water partition coefficient (Wildman–Crippen LogP) is 0.219. The molecule has 1 aliphatic rings. The minimum absolute atomic E-state index is 0.0593. The second-order valence-corrected chi connectivity index (χ2v) is 3.89. The molecule has 1 fully saturated rings. The summed E-state index contributed by atoms with van der Waals surface area (Å²) in [5, 5.41) is 0. The molecule has 1 rings (SSSR count). The van der Waals surface area contributed by atoms with E-state index < -0.39 is 0 Å². The predicted molar refractivity (Wildman–Crippen MR) is 54.8 cm³/mol. The van der Waals surface area contributed by atoms with Crippen LogP contribution in [-0.2, 0) is 9.53 Å². The van der Waals surface area contributed by atoms with Crippen molar-refractivity contribution in [3.8, 4) is 0 Å². The van der Waals surface area contributed by atoms with Crippen LogP contribution in [0.3, 0.4) is 0 Å². The summed E-state index contributed by atoms with van der Waals surface area (Å²) >= 11 is 0. The fourth-order valence-corrected chi connectivity index (χ4v) is 1.74. The molecule has 1 aliphatic heterocycles. The minimum atomic E-state index is -0.374. The topological polar surface area (TPSA) is 55.6 Å². The standard InChI is InChI=1S/C10H20N2O2/c1-3-14-7-9-4-5-12(6-9)10(13)8(2)11/h8-9H,3-7,11H2,1-2H3/t8-,9+/m1/s1. The van der Waals surface area contributed by atoms with Crippen LogP contribution in [0.5, 0.6) is 0 Å². The van der Waals surface area contributed by atoms with Crippen LogP contribution in [0.4, 0.5) is 0 Å². The average Bonchev–Trinajstić information content (AvgIpc) is 2.61. The van der Waals surface area contributed by atoms with Crippen LogP contribution >= 0.6 is 0 Å². The Bertz CT molecular complexity index is 195. The molecule has 4 nitrogen and oxygen atoms in total. The Balaban J connectivity index is 2.30. The molecule has 0 aliphatic carbocycles. The number of nitrogens with zero attached hydrogens (tertiary/aromatic N) is 1. The van der Waals surface area contributed by atoms with Crippen molar-refractivity contribution in [2.75, 3.05) is 26.3 Å². The van der Waals surface area contributed by atoms with Crippen LogP contribution in [0.15, 0.2) is 0 Å². The lowest BCUT2D eigenvalue weighted by Gasteiger charge is -2.18. The van der Waals surface area contributed by atoms with Gasteiger partial charge in [-0.3, -0.25) is 4.79 Å². The zero-order valence-corrected chi connectivity index (χ0v) is 9.03. The summed E-state index contributed by atoms with van der Waals surface area (Å²) in [5.41, 5.74) is 5.54. The van der Waals surface area contributed by atoms with E-state index in [0.717, 1.165) is 32.7 Å². The summed E-state index contributed by atoms with van der Waals surface area (Å²) in [7, 11) is 0. The third-order valence-electron chi connectivity index (χ3n) is 2.54. The molecule has 0 radical (unpaired) electrons. The highest BCUT2D eigenvalue weighted by Crippen LogP contribution is 2.16. The zero-order valence-electron chi connectivity index (χ0n) is 9.03. The largest absolute Gasteiger partial charge is 0.381 e. The van der Waals surface area contributed by atoms with E-state index in [4.69, 9.17) is 10.5 Å². The molecule has 14 heavy (non-hydrogen) atoms. The summed E-state index contributed by atoms with van der Waals surface area (Å²) in [6, 6.07) is -0.374.